The molecule has 1 aliphatic heterocycles. The molecule has 2 aliphatic rings. The van der Waals surface area contributed by atoms with Crippen molar-refractivity contribution in [2.45, 2.75) is 32.1 Å². The Morgan fingerprint density at radius 2 is 2.12 bits per heavy atom. The summed E-state index contributed by atoms with van der Waals surface area (Å²) in [5, 5.41) is 1.74. The standard InChI is InChI=1S/C17H16N4OS2.C2H6/c1-20(2)11-3-4-18-16-13(11)14-15(24-16)17(22)21(8-19-14)7-10-5-9-6-12(9)23-10;1-2/h3-5,8-9,12H,6-7H2,1-2H3;1-2H3. The minimum Gasteiger partial charge on any atom is -0.377 e. The summed E-state index contributed by atoms with van der Waals surface area (Å²) in [6.07, 6.45) is 7.10. The summed E-state index contributed by atoms with van der Waals surface area (Å²) >= 11 is 3.36. The van der Waals surface area contributed by atoms with Crippen LogP contribution in [0.15, 0.2) is 34.4 Å². The highest BCUT2D eigenvalue weighted by Crippen LogP contribution is 2.53. The van der Waals surface area contributed by atoms with E-state index >= 15 is 0 Å². The molecule has 3 aromatic rings. The van der Waals surface area contributed by atoms with Crippen LogP contribution in [0.5, 0.6) is 0 Å². The van der Waals surface area contributed by atoms with Crippen molar-refractivity contribution in [2.75, 3.05) is 19.0 Å². The molecule has 0 N–H and O–H groups in total. The highest BCUT2D eigenvalue weighted by Gasteiger charge is 2.41. The van der Waals surface area contributed by atoms with Gasteiger partial charge in [-0.2, -0.15) is 0 Å². The number of hydrogen-bond acceptors (Lipinski definition) is 6. The third-order valence-electron chi connectivity index (χ3n) is 4.62. The van der Waals surface area contributed by atoms with Gasteiger partial charge in [0.15, 0.2) is 0 Å². The number of anilines is 1. The van der Waals surface area contributed by atoms with Gasteiger partial charge in [0.1, 0.15) is 9.53 Å². The molecule has 1 fully saturated rings. The average Bonchev–Trinajstić information content (AvgIpc) is 3.08. The Morgan fingerprint density at radius 1 is 1.31 bits per heavy atom. The van der Waals surface area contributed by atoms with Crippen molar-refractivity contribution >= 4 is 49.2 Å². The number of nitrogens with zero attached hydrogens (tertiary/aromatic N) is 4. The first-order valence-corrected chi connectivity index (χ1v) is 10.6. The summed E-state index contributed by atoms with van der Waals surface area (Å²) in [7, 11) is 3.99. The molecule has 7 heteroatoms. The predicted molar refractivity (Wildman–Crippen MR) is 112 cm³/mol. The van der Waals surface area contributed by atoms with Crippen molar-refractivity contribution in [3.05, 3.63) is 39.9 Å². The Morgan fingerprint density at radius 3 is 2.81 bits per heavy atom. The van der Waals surface area contributed by atoms with Crippen LogP contribution in [0, 0.1) is 5.92 Å². The van der Waals surface area contributed by atoms with Gasteiger partial charge < -0.3 is 4.90 Å². The van der Waals surface area contributed by atoms with Gasteiger partial charge in [-0.3, -0.25) is 9.36 Å². The van der Waals surface area contributed by atoms with Crippen LogP contribution in [0.4, 0.5) is 5.69 Å². The molecule has 2 unspecified atom stereocenters. The maximum Gasteiger partial charge on any atom is 0.271 e. The highest BCUT2D eigenvalue weighted by atomic mass is 32.2. The smallest absolute Gasteiger partial charge is 0.271 e. The molecule has 5 rings (SSSR count). The monoisotopic (exact) mass is 386 g/mol. The first kappa shape index (κ1) is 17.5. The molecular formula is C19H22N4OS2. The second-order valence-corrected chi connectivity index (χ2v) is 8.92. The zero-order valence-electron chi connectivity index (χ0n) is 15.4. The van der Waals surface area contributed by atoms with Gasteiger partial charge >= 0.3 is 0 Å². The van der Waals surface area contributed by atoms with E-state index in [1.54, 1.807) is 17.1 Å². The topological polar surface area (TPSA) is 51.0 Å². The number of pyridine rings is 1. The second-order valence-electron chi connectivity index (χ2n) is 6.55. The van der Waals surface area contributed by atoms with Gasteiger partial charge in [0.25, 0.3) is 5.56 Å². The number of allylic oxidation sites excluding steroid dienone is 2. The summed E-state index contributed by atoms with van der Waals surface area (Å²) in [6.45, 7) is 4.64. The first-order valence-electron chi connectivity index (χ1n) is 8.93. The van der Waals surface area contributed by atoms with Crippen LogP contribution in [-0.4, -0.2) is 33.9 Å². The molecule has 0 aromatic carbocycles. The Balaban J connectivity index is 0.000000814. The number of aromatic nitrogens is 3. The lowest BCUT2D eigenvalue weighted by molar-refractivity contribution is 0.759. The Hall–Kier alpha value is -1.86. The summed E-state index contributed by atoms with van der Waals surface area (Å²) < 4.78 is 2.43. The number of hydrogen-bond donors (Lipinski definition) is 0. The molecule has 0 bridgehead atoms. The van der Waals surface area contributed by atoms with Crippen molar-refractivity contribution in [1.29, 1.82) is 0 Å². The Bertz CT molecular complexity index is 1070. The van der Waals surface area contributed by atoms with Gasteiger partial charge in [0.05, 0.1) is 29.5 Å². The van der Waals surface area contributed by atoms with E-state index in [0.717, 1.165) is 32.6 Å². The molecule has 0 amide bonds. The Kier molecular flexibility index (Phi) is 4.52. The fourth-order valence-electron chi connectivity index (χ4n) is 3.29. The van der Waals surface area contributed by atoms with Crippen LogP contribution in [0.1, 0.15) is 20.3 Å². The zero-order chi connectivity index (χ0) is 18.4. The van der Waals surface area contributed by atoms with Crippen LogP contribution in [0.3, 0.4) is 0 Å². The second kappa shape index (κ2) is 6.70. The van der Waals surface area contributed by atoms with Gasteiger partial charge in [-0.1, -0.05) is 19.9 Å². The number of fused-ring (bicyclic) bond motifs is 4. The van der Waals surface area contributed by atoms with Crippen LogP contribution in [0.2, 0.25) is 0 Å². The third-order valence-corrected chi connectivity index (χ3v) is 7.10. The van der Waals surface area contributed by atoms with E-state index in [1.165, 1.54) is 22.7 Å². The summed E-state index contributed by atoms with van der Waals surface area (Å²) in [5.41, 5.74) is 1.85. The molecule has 26 heavy (non-hydrogen) atoms. The van der Waals surface area contributed by atoms with Crippen LogP contribution in [0.25, 0.3) is 20.4 Å². The molecule has 136 valence electrons. The normalized spacial score (nSPS) is 20.5. The highest BCUT2D eigenvalue weighted by molar-refractivity contribution is 8.04. The van der Waals surface area contributed by atoms with Crippen LogP contribution in [-0.2, 0) is 6.54 Å². The zero-order valence-corrected chi connectivity index (χ0v) is 17.0. The first-order chi connectivity index (χ1) is 12.6. The largest absolute Gasteiger partial charge is 0.377 e. The number of thiophene rings is 1. The van der Waals surface area contributed by atoms with E-state index in [2.05, 4.69) is 16.0 Å². The maximum atomic E-state index is 12.9. The molecule has 0 spiro atoms. The lowest BCUT2D eigenvalue weighted by Gasteiger charge is -2.13. The molecule has 0 radical (unpaired) electrons. The van der Waals surface area contributed by atoms with Gasteiger partial charge in [-0.25, -0.2) is 9.97 Å². The minimum atomic E-state index is 0.0368. The lowest BCUT2D eigenvalue weighted by atomic mass is 10.2. The van der Waals surface area contributed by atoms with Crippen molar-refractivity contribution in [3.63, 3.8) is 0 Å². The average molecular weight is 387 g/mol. The number of thioether (sulfide) groups is 1. The number of rotatable bonds is 3. The van der Waals surface area contributed by atoms with E-state index < -0.39 is 0 Å². The Labute approximate surface area is 160 Å². The SMILES string of the molecule is CC.CN(C)c1ccnc2sc3c(=O)n(CC4=CC5CC5S4)cnc3c12. The fraction of sp³-hybridized carbons (Fsp3) is 0.421. The van der Waals surface area contributed by atoms with Crippen molar-refractivity contribution in [3.8, 4) is 0 Å². The molecule has 3 aromatic heterocycles. The van der Waals surface area contributed by atoms with Gasteiger partial charge in [0.2, 0.25) is 0 Å². The molecule has 0 saturated heterocycles. The third kappa shape index (κ3) is 2.83. The van der Waals surface area contributed by atoms with Crippen molar-refractivity contribution in [1.82, 2.24) is 14.5 Å². The lowest BCUT2D eigenvalue weighted by Crippen LogP contribution is -2.20. The summed E-state index contributed by atoms with van der Waals surface area (Å²) in [4.78, 5) is 26.2. The van der Waals surface area contributed by atoms with E-state index in [9.17, 15) is 4.79 Å². The summed E-state index contributed by atoms with van der Waals surface area (Å²) in [6, 6.07) is 1.97. The van der Waals surface area contributed by atoms with Gasteiger partial charge in [0, 0.05) is 30.4 Å². The quantitative estimate of drug-likeness (QED) is 0.678. The minimum absolute atomic E-state index is 0.0368. The molecule has 5 nitrogen and oxygen atoms in total. The molecule has 2 atom stereocenters. The van der Waals surface area contributed by atoms with Crippen molar-refractivity contribution < 1.29 is 0 Å². The van der Waals surface area contributed by atoms with Gasteiger partial charge in [-0.15, -0.1) is 23.1 Å². The van der Waals surface area contributed by atoms with E-state index in [-0.39, 0.29) is 5.56 Å². The molecule has 4 heterocycles. The van der Waals surface area contributed by atoms with E-state index in [4.69, 9.17) is 0 Å². The molecular weight excluding hydrogens is 364 g/mol. The van der Waals surface area contributed by atoms with Crippen LogP contribution < -0.4 is 10.5 Å². The fourth-order valence-corrected chi connectivity index (χ4v) is 5.78. The van der Waals surface area contributed by atoms with E-state index in [1.807, 2.05) is 50.7 Å². The van der Waals surface area contributed by atoms with Crippen LogP contribution >= 0.6 is 23.1 Å². The molecule has 1 saturated carbocycles. The molecule has 1 aliphatic carbocycles. The predicted octanol–water partition coefficient (Wildman–Crippen LogP) is 4.12. The maximum absolute atomic E-state index is 12.9. The summed E-state index contributed by atoms with van der Waals surface area (Å²) in [5.74, 6) is 0.744. The van der Waals surface area contributed by atoms with Crippen molar-refractivity contribution in [2.24, 2.45) is 5.92 Å². The van der Waals surface area contributed by atoms with Gasteiger partial charge in [-0.05, 0) is 18.4 Å². The van der Waals surface area contributed by atoms with E-state index in [0.29, 0.717) is 11.2 Å².